The van der Waals surface area contributed by atoms with Gasteiger partial charge in [-0.25, -0.2) is 9.50 Å². The number of carbonyl (C=O) groups is 2. The van der Waals surface area contributed by atoms with Crippen LogP contribution in [0, 0.1) is 13.8 Å². The van der Waals surface area contributed by atoms with Gasteiger partial charge < -0.3 is 14.2 Å². The van der Waals surface area contributed by atoms with Gasteiger partial charge in [-0.2, -0.15) is 18.2 Å². The second-order valence-electron chi connectivity index (χ2n) is 7.56. The predicted molar refractivity (Wildman–Crippen MR) is 105 cm³/mol. The maximum absolute atomic E-state index is 12.9. The van der Waals surface area contributed by atoms with Crippen molar-refractivity contribution in [2.24, 2.45) is 0 Å². The van der Waals surface area contributed by atoms with Gasteiger partial charge in [0, 0.05) is 44.0 Å². The van der Waals surface area contributed by atoms with Crippen LogP contribution in [-0.2, 0) is 17.4 Å². The van der Waals surface area contributed by atoms with Gasteiger partial charge in [0.2, 0.25) is 5.91 Å². The molecule has 32 heavy (non-hydrogen) atoms. The lowest BCUT2D eigenvalue weighted by atomic mass is 10.1. The Morgan fingerprint density at radius 2 is 1.78 bits per heavy atom. The van der Waals surface area contributed by atoms with Gasteiger partial charge in [0.15, 0.2) is 5.76 Å². The number of nitrogens with zero attached hydrogens (tertiary/aromatic N) is 6. The molecule has 4 rings (SSSR count). The second kappa shape index (κ2) is 8.24. The van der Waals surface area contributed by atoms with Crippen molar-refractivity contribution in [2.45, 2.75) is 32.9 Å². The molecule has 0 atom stereocenters. The Morgan fingerprint density at radius 3 is 2.41 bits per heavy atom. The molecule has 1 aliphatic rings. The van der Waals surface area contributed by atoms with Crippen molar-refractivity contribution in [3.63, 3.8) is 0 Å². The highest BCUT2D eigenvalue weighted by molar-refractivity contribution is 5.91. The zero-order chi connectivity index (χ0) is 23.0. The van der Waals surface area contributed by atoms with E-state index < -0.39 is 12.0 Å². The van der Waals surface area contributed by atoms with Gasteiger partial charge in [-0.3, -0.25) is 9.59 Å². The summed E-state index contributed by atoms with van der Waals surface area (Å²) in [6, 6.07) is 3.24. The molecule has 0 aromatic carbocycles. The van der Waals surface area contributed by atoms with Crippen LogP contribution in [0.25, 0.3) is 5.78 Å². The Balaban J connectivity index is 1.39. The minimum Gasteiger partial charge on any atom is -0.459 e. The third-order valence-corrected chi connectivity index (χ3v) is 5.54. The normalized spacial score (nSPS) is 14.9. The SMILES string of the molecule is Cc1nc2nc(C(F)(F)F)nn2c(C)c1CCC(=O)N1CCN(C(=O)c2ccco2)CC1. The van der Waals surface area contributed by atoms with E-state index in [4.69, 9.17) is 4.42 Å². The van der Waals surface area contributed by atoms with E-state index in [2.05, 4.69) is 15.1 Å². The van der Waals surface area contributed by atoms with E-state index in [0.717, 1.165) is 4.52 Å². The zero-order valence-electron chi connectivity index (χ0n) is 17.5. The maximum atomic E-state index is 12.9. The van der Waals surface area contributed by atoms with Gasteiger partial charge in [0.1, 0.15) is 0 Å². The molecule has 12 heteroatoms. The number of aromatic nitrogens is 4. The monoisotopic (exact) mass is 450 g/mol. The molecule has 3 aromatic heterocycles. The average Bonchev–Trinajstić information content (AvgIpc) is 3.43. The highest BCUT2D eigenvalue weighted by atomic mass is 19.4. The first kappa shape index (κ1) is 21.8. The summed E-state index contributed by atoms with van der Waals surface area (Å²) in [5.41, 5.74) is 1.64. The van der Waals surface area contributed by atoms with Crippen molar-refractivity contribution in [2.75, 3.05) is 26.2 Å². The van der Waals surface area contributed by atoms with Crippen LogP contribution in [0.2, 0.25) is 0 Å². The molecular weight excluding hydrogens is 429 g/mol. The van der Waals surface area contributed by atoms with Crippen molar-refractivity contribution < 1.29 is 27.2 Å². The summed E-state index contributed by atoms with van der Waals surface area (Å²) in [7, 11) is 0. The molecular formula is C20H21F3N6O3. The van der Waals surface area contributed by atoms with Crippen LogP contribution in [0.3, 0.4) is 0 Å². The number of rotatable bonds is 4. The summed E-state index contributed by atoms with van der Waals surface area (Å²) < 4.78 is 45.0. The predicted octanol–water partition coefficient (Wildman–Crippen LogP) is 2.27. The van der Waals surface area contributed by atoms with Crippen LogP contribution in [0.5, 0.6) is 0 Å². The number of carbonyl (C=O) groups excluding carboxylic acids is 2. The van der Waals surface area contributed by atoms with Crippen molar-refractivity contribution in [1.82, 2.24) is 29.4 Å². The summed E-state index contributed by atoms with van der Waals surface area (Å²) >= 11 is 0. The molecule has 1 aliphatic heterocycles. The van der Waals surface area contributed by atoms with Gasteiger partial charge in [-0.15, -0.1) is 5.10 Å². The first-order chi connectivity index (χ1) is 15.1. The van der Waals surface area contributed by atoms with E-state index >= 15 is 0 Å². The number of piperazine rings is 1. The van der Waals surface area contributed by atoms with Crippen LogP contribution in [0.4, 0.5) is 13.2 Å². The van der Waals surface area contributed by atoms with Crippen molar-refractivity contribution in [3.05, 3.63) is 46.9 Å². The molecule has 0 spiro atoms. The summed E-state index contributed by atoms with van der Waals surface area (Å²) in [5.74, 6) is -1.41. The molecule has 1 saturated heterocycles. The summed E-state index contributed by atoms with van der Waals surface area (Å²) in [4.78, 5) is 35.9. The van der Waals surface area contributed by atoms with Crippen molar-refractivity contribution >= 4 is 17.6 Å². The third kappa shape index (κ3) is 4.16. The lowest BCUT2D eigenvalue weighted by Crippen LogP contribution is -2.50. The standard InChI is InChI=1S/C20H21F3N6O3/c1-12-14(13(2)29-19(24-12)25-18(26-29)20(21,22)23)5-6-16(30)27-7-9-28(10-8-27)17(31)15-4-3-11-32-15/h3-4,11H,5-10H2,1-2H3. The number of hydrogen-bond donors (Lipinski definition) is 0. The molecule has 3 aromatic rings. The fraction of sp³-hybridized carbons (Fsp3) is 0.450. The van der Waals surface area contributed by atoms with E-state index in [-0.39, 0.29) is 29.8 Å². The molecule has 0 unspecified atom stereocenters. The summed E-state index contributed by atoms with van der Waals surface area (Å²) in [6.07, 6.45) is -2.74. The molecule has 1 fully saturated rings. The number of hydrogen-bond acceptors (Lipinski definition) is 6. The lowest BCUT2D eigenvalue weighted by molar-refractivity contribution is -0.144. The maximum Gasteiger partial charge on any atom is 0.453 e. The Morgan fingerprint density at radius 1 is 1.09 bits per heavy atom. The first-order valence-electron chi connectivity index (χ1n) is 10.1. The molecule has 9 nitrogen and oxygen atoms in total. The zero-order valence-corrected chi connectivity index (χ0v) is 17.5. The van der Waals surface area contributed by atoms with E-state index in [9.17, 15) is 22.8 Å². The van der Waals surface area contributed by atoms with Gasteiger partial charge >= 0.3 is 6.18 Å². The fourth-order valence-corrected chi connectivity index (χ4v) is 3.80. The molecule has 0 N–H and O–H groups in total. The molecule has 0 saturated carbocycles. The molecule has 0 aliphatic carbocycles. The Hall–Kier alpha value is -3.44. The van der Waals surface area contributed by atoms with Crippen molar-refractivity contribution in [1.29, 1.82) is 0 Å². The molecule has 170 valence electrons. The smallest absolute Gasteiger partial charge is 0.453 e. The molecule has 2 amide bonds. The number of aryl methyl sites for hydroxylation is 2. The van der Waals surface area contributed by atoms with Crippen LogP contribution in [-0.4, -0.2) is 67.4 Å². The summed E-state index contributed by atoms with van der Waals surface area (Å²) in [5, 5.41) is 3.53. The summed E-state index contributed by atoms with van der Waals surface area (Å²) in [6.45, 7) is 4.91. The third-order valence-electron chi connectivity index (χ3n) is 5.54. The Labute approximate surface area is 180 Å². The first-order valence-corrected chi connectivity index (χ1v) is 10.1. The number of alkyl halides is 3. The van der Waals surface area contributed by atoms with Crippen LogP contribution in [0.1, 0.15) is 39.8 Å². The largest absolute Gasteiger partial charge is 0.459 e. The van der Waals surface area contributed by atoms with Crippen LogP contribution in [0.15, 0.2) is 22.8 Å². The lowest BCUT2D eigenvalue weighted by Gasteiger charge is -2.34. The molecule has 0 bridgehead atoms. The minimum atomic E-state index is -4.66. The Kier molecular flexibility index (Phi) is 5.61. The average molecular weight is 450 g/mol. The highest BCUT2D eigenvalue weighted by Gasteiger charge is 2.37. The van der Waals surface area contributed by atoms with E-state index in [1.165, 1.54) is 6.26 Å². The fourth-order valence-electron chi connectivity index (χ4n) is 3.80. The van der Waals surface area contributed by atoms with Crippen molar-refractivity contribution in [3.8, 4) is 0 Å². The van der Waals surface area contributed by atoms with Gasteiger partial charge in [-0.1, -0.05) is 0 Å². The minimum absolute atomic E-state index is 0.0939. The topological polar surface area (TPSA) is 96.8 Å². The van der Waals surface area contributed by atoms with Crippen LogP contribution >= 0.6 is 0 Å². The quantitative estimate of drug-likeness (QED) is 0.605. The molecule has 4 heterocycles. The van der Waals surface area contributed by atoms with Gasteiger partial charge in [0.25, 0.3) is 17.5 Å². The van der Waals surface area contributed by atoms with Crippen LogP contribution < -0.4 is 0 Å². The molecule has 0 radical (unpaired) electrons. The van der Waals surface area contributed by atoms with E-state index in [1.807, 2.05) is 0 Å². The number of furan rings is 1. The number of fused-ring (bicyclic) bond motifs is 1. The van der Waals surface area contributed by atoms with E-state index in [1.54, 1.807) is 35.8 Å². The number of halogens is 3. The van der Waals surface area contributed by atoms with Gasteiger partial charge in [0.05, 0.1) is 6.26 Å². The van der Waals surface area contributed by atoms with Gasteiger partial charge in [-0.05, 0) is 38.0 Å². The number of amides is 2. The van der Waals surface area contributed by atoms with E-state index in [0.29, 0.717) is 49.6 Å². The Bertz CT molecular complexity index is 1150. The second-order valence-corrected chi connectivity index (χ2v) is 7.56. The highest BCUT2D eigenvalue weighted by Crippen LogP contribution is 2.27.